The van der Waals surface area contributed by atoms with Gasteiger partial charge in [-0.25, -0.2) is 8.78 Å². The second kappa shape index (κ2) is 11.4. The molecule has 1 aliphatic rings. The van der Waals surface area contributed by atoms with E-state index in [2.05, 4.69) is 28.4 Å². The van der Waals surface area contributed by atoms with Crippen molar-refractivity contribution in [2.24, 2.45) is 0 Å². The number of carbonyl (C=O) groups excluding carboxylic acids is 1. The highest BCUT2D eigenvalue weighted by atomic mass is 19.1. The standard InChI is InChI=1S/C35H30F2N2O/c36-32-12-7-26(8-13-32)25-3-5-29(6-4-25)35(40)38-34-16-11-30-21-24(1-2-31(30)22-34)23-39-19-17-28(18-20-39)27-9-14-33(37)15-10-27/h1-16,21-22,28H,17-20,23H2,(H,38,40). The van der Waals surface area contributed by atoms with Crippen molar-refractivity contribution in [1.29, 1.82) is 0 Å². The zero-order chi connectivity index (χ0) is 27.5. The average molecular weight is 533 g/mol. The minimum absolute atomic E-state index is 0.175. The van der Waals surface area contributed by atoms with E-state index < -0.39 is 0 Å². The Bertz CT molecular complexity index is 1620. The first-order chi connectivity index (χ1) is 19.5. The second-order valence-corrected chi connectivity index (χ2v) is 10.5. The first-order valence-corrected chi connectivity index (χ1v) is 13.7. The van der Waals surface area contributed by atoms with Crippen molar-refractivity contribution in [2.45, 2.75) is 25.3 Å². The number of fused-ring (bicyclic) bond motifs is 1. The number of hydrogen-bond acceptors (Lipinski definition) is 2. The van der Waals surface area contributed by atoms with Gasteiger partial charge in [0.25, 0.3) is 5.91 Å². The van der Waals surface area contributed by atoms with E-state index in [0.717, 1.165) is 60.1 Å². The number of nitrogens with zero attached hydrogens (tertiary/aromatic N) is 1. The Balaban J connectivity index is 1.06. The maximum atomic E-state index is 13.3. The summed E-state index contributed by atoms with van der Waals surface area (Å²) in [6.07, 6.45) is 2.16. The third-order valence-electron chi connectivity index (χ3n) is 7.82. The smallest absolute Gasteiger partial charge is 0.255 e. The molecule has 0 atom stereocenters. The lowest BCUT2D eigenvalue weighted by molar-refractivity contribution is 0.102. The summed E-state index contributed by atoms with van der Waals surface area (Å²) in [7, 11) is 0. The van der Waals surface area contributed by atoms with Gasteiger partial charge in [-0.2, -0.15) is 0 Å². The number of benzene rings is 5. The van der Waals surface area contributed by atoms with Gasteiger partial charge in [-0.3, -0.25) is 9.69 Å². The summed E-state index contributed by atoms with van der Waals surface area (Å²) in [6, 6.07) is 33.0. The maximum Gasteiger partial charge on any atom is 0.255 e. The van der Waals surface area contributed by atoms with Crippen LogP contribution in [0.3, 0.4) is 0 Å². The van der Waals surface area contributed by atoms with Gasteiger partial charge in [-0.1, -0.05) is 54.6 Å². The van der Waals surface area contributed by atoms with Crippen molar-refractivity contribution in [3.8, 4) is 11.1 Å². The van der Waals surface area contributed by atoms with E-state index in [1.165, 1.54) is 23.3 Å². The predicted molar refractivity (Wildman–Crippen MR) is 157 cm³/mol. The molecule has 5 aromatic carbocycles. The molecule has 0 unspecified atom stereocenters. The highest BCUT2D eigenvalue weighted by molar-refractivity contribution is 6.05. The molecule has 1 fully saturated rings. The Labute approximate surface area is 233 Å². The third-order valence-corrected chi connectivity index (χ3v) is 7.82. The van der Waals surface area contributed by atoms with Crippen molar-refractivity contribution in [3.05, 3.63) is 138 Å². The summed E-state index contributed by atoms with van der Waals surface area (Å²) < 4.78 is 26.5. The Morgan fingerprint density at radius 1 is 0.700 bits per heavy atom. The molecular weight excluding hydrogens is 502 g/mol. The number of halogens is 2. The van der Waals surface area contributed by atoms with Crippen LogP contribution in [0.2, 0.25) is 0 Å². The lowest BCUT2D eigenvalue weighted by Crippen LogP contribution is -2.32. The van der Waals surface area contributed by atoms with Crippen molar-refractivity contribution in [1.82, 2.24) is 4.90 Å². The SMILES string of the molecule is O=C(Nc1ccc2cc(CN3CCC(c4ccc(F)cc4)CC3)ccc2c1)c1ccc(-c2ccc(F)cc2)cc1. The van der Waals surface area contributed by atoms with Crippen LogP contribution in [-0.2, 0) is 6.54 Å². The van der Waals surface area contributed by atoms with Crippen molar-refractivity contribution >= 4 is 22.4 Å². The number of carbonyl (C=O) groups is 1. The fourth-order valence-electron chi connectivity index (χ4n) is 5.55. The summed E-state index contributed by atoms with van der Waals surface area (Å²) in [5.74, 6) is -0.132. The Hall–Kier alpha value is -4.35. The van der Waals surface area contributed by atoms with Gasteiger partial charge in [-0.05, 0) is 119 Å². The van der Waals surface area contributed by atoms with Crippen LogP contribution < -0.4 is 5.32 Å². The van der Waals surface area contributed by atoms with Crippen LogP contribution in [0.4, 0.5) is 14.5 Å². The topological polar surface area (TPSA) is 32.3 Å². The summed E-state index contributed by atoms with van der Waals surface area (Å²) in [6.45, 7) is 2.95. The fraction of sp³-hybridized carbons (Fsp3) is 0.171. The molecule has 5 aromatic rings. The summed E-state index contributed by atoms with van der Waals surface area (Å²) >= 11 is 0. The summed E-state index contributed by atoms with van der Waals surface area (Å²) in [4.78, 5) is 15.3. The first kappa shape index (κ1) is 25.9. The molecule has 0 aromatic heterocycles. The van der Waals surface area contributed by atoms with Crippen LogP contribution in [-0.4, -0.2) is 23.9 Å². The molecule has 0 spiro atoms. The second-order valence-electron chi connectivity index (χ2n) is 10.5. The Kier molecular flexibility index (Phi) is 7.39. The molecule has 0 saturated carbocycles. The van der Waals surface area contributed by atoms with Crippen molar-refractivity contribution in [3.63, 3.8) is 0 Å². The van der Waals surface area contributed by atoms with E-state index in [-0.39, 0.29) is 17.5 Å². The molecule has 1 aliphatic heterocycles. The lowest BCUT2D eigenvalue weighted by Gasteiger charge is -2.32. The number of hydrogen-bond donors (Lipinski definition) is 1. The molecule has 1 saturated heterocycles. The predicted octanol–water partition coefficient (Wildman–Crippen LogP) is 8.42. The zero-order valence-corrected chi connectivity index (χ0v) is 22.1. The molecule has 40 heavy (non-hydrogen) atoms. The van der Waals surface area contributed by atoms with Gasteiger partial charge >= 0.3 is 0 Å². The minimum atomic E-state index is -0.272. The quantitative estimate of drug-likeness (QED) is 0.238. The van der Waals surface area contributed by atoms with Gasteiger partial charge in [0, 0.05) is 17.8 Å². The third kappa shape index (κ3) is 5.95. The van der Waals surface area contributed by atoms with Gasteiger partial charge in [0.05, 0.1) is 0 Å². The number of nitrogens with one attached hydrogen (secondary N) is 1. The van der Waals surface area contributed by atoms with E-state index in [0.29, 0.717) is 11.5 Å². The molecule has 1 N–H and O–H groups in total. The van der Waals surface area contributed by atoms with Crippen LogP contribution in [0.25, 0.3) is 21.9 Å². The largest absolute Gasteiger partial charge is 0.322 e. The summed E-state index contributed by atoms with van der Waals surface area (Å²) in [5, 5.41) is 5.21. The number of anilines is 1. The molecule has 0 aliphatic carbocycles. The van der Waals surface area contributed by atoms with Crippen LogP contribution in [0.15, 0.2) is 109 Å². The van der Waals surface area contributed by atoms with Gasteiger partial charge in [0.2, 0.25) is 0 Å². The van der Waals surface area contributed by atoms with Crippen LogP contribution in [0.5, 0.6) is 0 Å². The first-order valence-electron chi connectivity index (χ1n) is 13.7. The Morgan fingerprint density at radius 3 is 1.95 bits per heavy atom. The van der Waals surface area contributed by atoms with E-state index >= 15 is 0 Å². The Morgan fingerprint density at radius 2 is 1.27 bits per heavy atom. The number of piperidine rings is 1. The van der Waals surface area contributed by atoms with Crippen molar-refractivity contribution < 1.29 is 13.6 Å². The number of likely N-dealkylation sites (tertiary alicyclic amines) is 1. The number of amides is 1. The number of rotatable bonds is 6. The normalized spacial score (nSPS) is 14.3. The molecule has 1 heterocycles. The van der Waals surface area contributed by atoms with Crippen LogP contribution in [0, 0.1) is 11.6 Å². The molecule has 200 valence electrons. The van der Waals surface area contributed by atoms with Gasteiger partial charge in [0.1, 0.15) is 11.6 Å². The van der Waals surface area contributed by atoms with Gasteiger partial charge in [-0.15, -0.1) is 0 Å². The van der Waals surface area contributed by atoms with E-state index in [9.17, 15) is 13.6 Å². The lowest BCUT2D eigenvalue weighted by atomic mass is 9.89. The minimum Gasteiger partial charge on any atom is -0.322 e. The molecule has 5 heteroatoms. The molecule has 0 radical (unpaired) electrons. The van der Waals surface area contributed by atoms with E-state index in [1.54, 1.807) is 36.4 Å². The molecular formula is C35H30F2N2O. The monoisotopic (exact) mass is 532 g/mol. The zero-order valence-electron chi connectivity index (χ0n) is 22.1. The van der Waals surface area contributed by atoms with Gasteiger partial charge < -0.3 is 5.32 Å². The fourth-order valence-corrected chi connectivity index (χ4v) is 5.55. The van der Waals surface area contributed by atoms with Gasteiger partial charge in [0.15, 0.2) is 0 Å². The van der Waals surface area contributed by atoms with Crippen molar-refractivity contribution in [2.75, 3.05) is 18.4 Å². The highest BCUT2D eigenvalue weighted by Crippen LogP contribution is 2.29. The average Bonchev–Trinajstić information content (AvgIpc) is 2.98. The maximum absolute atomic E-state index is 13.3. The molecule has 1 amide bonds. The van der Waals surface area contributed by atoms with Crippen LogP contribution >= 0.6 is 0 Å². The summed E-state index contributed by atoms with van der Waals surface area (Å²) in [5.41, 5.74) is 5.63. The molecule has 0 bridgehead atoms. The van der Waals surface area contributed by atoms with Crippen LogP contribution in [0.1, 0.15) is 40.2 Å². The molecule has 3 nitrogen and oxygen atoms in total. The van der Waals surface area contributed by atoms with E-state index in [1.807, 2.05) is 42.5 Å². The van der Waals surface area contributed by atoms with E-state index in [4.69, 9.17) is 0 Å². The highest BCUT2D eigenvalue weighted by Gasteiger charge is 2.20. The molecule has 6 rings (SSSR count).